The van der Waals surface area contributed by atoms with Crippen molar-refractivity contribution in [1.29, 1.82) is 0 Å². The van der Waals surface area contributed by atoms with Gasteiger partial charge in [0.25, 0.3) is 0 Å². The second-order valence-corrected chi connectivity index (χ2v) is 5.66. The maximum absolute atomic E-state index is 13.6. The number of anilines is 1. The van der Waals surface area contributed by atoms with Crippen LogP contribution in [0, 0.1) is 5.82 Å². The Balaban J connectivity index is 2.78. The number of nitrogens with zero attached hydrogens (tertiary/aromatic N) is 1. The minimum atomic E-state index is -1.17. The number of thioether (sulfide) groups is 1. The maximum Gasteiger partial charge on any atom is 0.335 e. The minimum absolute atomic E-state index is 0.00293. The van der Waals surface area contributed by atoms with Crippen LogP contribution in [-0.4, -0.2) is 47.1 Å². The molecule has 0 aliphatic carbocycles. The molecular weight excluding hydrogens is 295 g/mol. The van der Waals surface area contributed by atoms with Crippen molar-refractivity contribution < 1.29 is 19.1 Å². The van der Waals surface area contributed by atoms with Gasteiger partial charge in [-0.15, -0.1) is 0 Å². The van der Waals surface area contributed by atoms with Crippen LogP contribution in [0.4, 0.5) is 14.9 Å². The summed E-state index contributed by atoms with van der Waals surface area (Å²) in [6.45, 7) is 1.90. The summed E-state index contributed by atoms with van der Waals surface area (Å²) in [5.41, 5.74) is -0.214. The highest BCUT2D eigenvalue weighted by molar-refractivity contribution is 7.98. The number of hydrogen-bond donors (Lipinski definition) is 2. The summed E-state index contributed by atoms with van der Waals surface area (Å²) in [7, 11) is 1.62. The number of urea groups is 1. The average molecular weight is 314 g/mol. The molecule has 1 rings (SSSR count). The lowest BCUT2D eigenvalue weighted by Crippen LogP contribution is -2.38. The molecule has 1 aromatic rings. The smallest absolute Gasteiger partial charge is 0.335 e. The second-order valence-electron chi connectivity index (χ2n) is 4.67. The third-order valence-electron chi connectivity index (χ3n) is 3.18. The van der Waals surface area contributed by atoms with E-state index in [0.29, 0.717) is 0 Å². The summed E-state index contributed by atoms with van der Waals surface area (Å²) < 4.78 is 13.6. The highest BCUT2D eigenvalue weighted by Gasteiger charge is 2.17. The summed E-state index contributed by atoms with van der Waals surface area (Å²) in [4.78, 5) is 24.4. The molecule has 0 heterocycles. The van der Waals surface area contributed by atoms with Crippen LogP contribution in [0.1, 0.15) is 23.7 Å². The quantitative estimate of drug-likeness (QED) is 0.846. The first kappa shape index (κ1) is 17.3. The Labute approximate surface area is 127 Å². The molecule has 0 fully saturated rings. The molecule has 0 saturated carbocycles. The molecule has 2 N–H and O–H groups in total. The Hall–Kier alpha value is -1.76. The Morgan fingerprint density at radius 3 is 2.71 bits per heavy atom. The zero-order valence-corrected chi connectivity index (χ0v) is 13.0. The van der Waals surface area contributed by atoms with Gasteiger partial charge in [-0.05, 0) is 43.6 Å². The van der Waals surface area contributed by atoms with Crippen molar-refractivity contribution in [3.8, 4) is 0 Å². The van der Waals surface area contributed by atoms with Crippen LogP contribution in [0.2, 0.25) is 0 Å². The SMILES string of the molecule is CSCCC(C)N(C)C(=O)Nc1cc(C(=O)O)ccc1F. The fourth-order valence-electron chi connectivity index (χ4n) is 1.64. The Morgan fingerprint density at radius 2 is 2.14 bits per heavy atom. The number of rotatable bonds is 6. The predicted molar refractivity (Wildman–Crippen MR) is 82.6 cm³/mol. The van der Waals surface area contributed by atoms with Crippen LogP contribution in [0.3, 0.4) is 0 Å². The lowest BCUT2D eigenvalue weighted by molar-refractivity contribution is 0.0697. The number of benzene rings is 1. The van der Waals surface area contributed by atoms with Gasteiger partial charge in [-0.25, -0.2) is 14.0 Å². The van der Waals surface area contributed by atoms with E-state index in [2.05, 4.69) is 5.32 Å². The van der Waals surface area contributed by atoms with Crippen LogP contribution in [0.25, 0.3) is 0 Å². The molecule has 0 spiro atoms. The van der Waals surface area contributed by atoms with Crippen molar-refractivity contribution in [2.45, 2.75) is 19.4 Å². The van der Waals surface area contributed by atoms with E-state index in [-0.39, 0.29) is 17.3 Å². The first-order valence-electron chi connectivity index (χ1n) is 6.42. The third kappa shape index (κ3) is 4.93. The van der Waals surface area contributed by atoms with Crippen molar-refractivity contribution in [2.24, 2.45) is 0 Å². The lowest BCUT2D eigenvalue weighted by atomic mass is 10.2. The Bertz CT molecular complexity index is 525. The zero-order valence-electron chi connectivity index (χ0n) is 12.2. The second kappa shape index (κ2) is 7.87. The molecular formula is C14H19FN2O3S. The number of aromatic carboxylic acids is 1. The van der Waals surface area contributed by atoms with Gasteiger partial charge in [0.2, 0.25) is 0 Å². The van der Waals surface area contributed by atoms with Crippen molar-refractivity contribution >= 4 is 29.4 Å². The number of nitrogens with one attached hydrogen (secondary N) is 1. The number of carboxylic acids is 1. The molecule has 0 saturated heterocycles. The van der Waals surface area contributed by atoms with Crippen molar-refractivity contribution in [1.82, 2.24) is 4.90 Å². The van der Waals surface area contributed by atoms with Crippen molar-refractivity contribution in [3.63, 3.8) is 0 Å². The molecule has 0 aliphatic rings. The molecule has 2 amide bonds. The van der Waals surface area contributed by atoms with Crippen LogP contribution in [-0.2, 0) is 0 Å². The maximum atomic E-state index is 13.6. The van der Waals surface area contributed by atoms with Gasteiger partial charge < -0.3 is 15.3 Å². The summed E-state index contributed by atoms with van der Waals surface area (Å²) in [5, 5.41) is 11.3. The van der Waals surface area contributed by atoms with E-state index in [1.54, 1.807) is 18.8 Å². The van der Waals surface area contributed by atoms with Crippen LogP contribution in [0.15, 0.2) is 18.2 Å². The van der Waals surface area contributed by atoms with E-state index in [1.165, 1.54) is 4.90 Å². The summed E-state index contributed by atoms with van der Waals surface area (Å²) in [5.74, 6) is -0.924. The highest BCUT2D eigenvalue weighted by atomic mass is 32.2. The standard InChI is InChI=1S/C14H19FN2O3S/c1-9(6-7-21-3)17(2)14(20)16-12-8-10(13(18)19)4-5-11(12)15/h4-5,8-9H,6-7H2,1-3H3,(H,16,20)(H,18,19). The molecule has 0 aliphatic heterocycles. The topological polar surface area (TPSA) is 69.6 Å². The predicted octanol–water partition coefficient (Wildman–Crippen LogP) is 3.13. The van der Waals surface area contributed by atoms with Crippen LogP contribution >= 0.6 is 11.8 Å². The van der Waals surface area contributed by atoms with Crippen LogP contribution in [0.5, 0.6) is 0 Å². The molecule has 1 atom stereocenters. The highest BCUT2D eigenvalue weighted by Crippen LogP contribution is 2.17. The fraction of sp³-hybridized carbons (Fsp3) is 0.429. The van der Waals surface area contributed by atoms with Gasteiger partial charge in [-0.3, -0.25) is 0 Å². The normalized spacial score (nSPS) is 11.8. The number of halogens is 1. The molecule has 7 heteroatoms. The van der Waals surface area contributed by atoms with E-state index in [1.807, 2.05) is 13.2 Å². The molecule has 0 radical (unpaired) electrons. The van der Waals surface area contributed by atoms with Gasteiger partial charge in [0, 0.05) is 13.1 Å². The molecule has 1 aromatic carbocycles. The molecule has 21 heavy (non-hydrogen) atoms. The van der Waals surface area contributed by atoms with E-state index in [4.69, 9.17) is 5.11 Å². The largest absolute Gasteiger partial charge is 0.478 e. The van der Waals surface area contributed by atoms with Gasteiger partial charge in [0.15, 0.2) is 0 Å². The number of carbonyl (C=O) groups excluding carboxylic acids is 1. The fourth-order valence-corrected chi connectivity index (χ4v) is 2.22. The lowest BCUT2D eigenvalue weighted by Gasteiger charge is -2.25. The van der Waals surface area contributed by atoms with Gasteiger partial charge in [-0.1, -0.05) is 0 Å². The Kier molecular flexibility index (Phi) is 6.48. The molecule has 0 aromatic heterocycles. The van der Waals surface area contributed by atoms with Gasteiger partial charge in [0.05, 0.1) is 11.3 Å². The van der Waals surface area contributed by atoms with E-state index in [0.717, 1.165) is 30.4 Å². The van der Waals surface area contributed by atoms with E-state index < -0.39 is 17.8 Å². The van der Waals surface area contributed by atoms with Crippen molar-refractivity contribution in [2.75, 3.05) is 24.4 Å². The monoisotopic (exact) mass is 314 g/mol. The molecule has 5 nitrogen and oxygen atoms in total. The first-order valence-corrected chi connectivity index (χ1v) is 7.81. The van der Waals surface area contributed by atoms with Gasteiger partial charge in [-0.2, -0.15) is 11.8 Å². The van der Waals surface area contributed by atoms with E-state index in [9.17, 15) is 14.0 Å². The van der Waals surface area contributed by atoms with Gasteiger partial charge in [0.1, 0.15) is 5.82 Å². The molecule has 0 bridgehead atoms. The molecule has 1 unspecified atom stereocenters. The Morgan fingerprint density at radius 1 is 1.48 bits per heavy atom. The number of hydrogen-bond acceptors (Lipinski definition) is 3. The zero-order chi connectivity index (χ0) is 16.0. The number of carboxylic acid groups (broad SMARTS) is 1. The summed E-state index contributed by atoms with van der Waals surface area (Å²) in [6.07, 6.45) is 2.81. The van der Waals surface area contributed by atoms with Crippen molar-refractivity contribution in [3.05, 3.63) is 29.6 Å². The minimum Gasteiger partial charge on any atom is -0.478 e. The summed E-state index contributed by atoms with van der Waals surface area (Å²) >= 11 is 1.69. The van der Waals surface area contributed by atoms with E-state index >= 15 is 0 Å². The number of amides is 2. The average Bonchev–Trinajstić information content (AvgIpc) is 2.45. The number of carbonyl (C=O) groups is 2. The summed E-state index contributed by atoms with van der Waals surface area (Å²) in [6, 6.07) is 2.82. The first-order chi connectivity index (χ1) is 9.86. The van der Waals surface area contributed by atoms with Gasteiger partial charge >= 0.3 is 12.0 Å². The molecule has 116 valence electrons. The van der Waals surface area contributed by atoms with Crippen LogP contribution < -0.4 is 5.32 Å². The third-order valence-corrected chi connectivity index (χ3v) is 3.82.